The summed E-state index contributed by atoms with van der Waals surface area (Å²) in [7, 11) is 0. The lowest BCUT2D eigenvalue weighted by molar-refractivity contribution is -0.117. The van der Waals surface area contributed by atoms with Crippen LogP contribution in [-0.4, -0.2) is 21.7 Å². The summed E-state index contributed by atoms with van der Waals surface area (Å²) in [5, 5.41) is 7.38. The normalized spacial score (nSPS) is 18.9. The molecule has 0 saturated carbocycles. The fraction of sp³-hybridized carbons (Fsp3) is 0.538. The number of nitrogens with zero attached hydrogens (tertiary/aromatic N) is 2. The first-order valence-corrected chi connectivity index (χ1v) is 6.10. The molecule has 0 fully saturated rings. The number of amides is 1. The van der Waals surface area contributed by atoms with Crippen LogP contribution in [0.25, 0.3) is 0 Å². The average molecular weight is 233 g/mol. The SMILES string of the molecule is C=CC(=O)NC1CCc2cnn(C(C)C)c2C1. The van der Waals surface area contributed by atoms with Crippen LogP contribution in [0, 0.1) is 0 Å². The average Bonchev–Trinajstić information content (AvgIpc) is 2.71. The van der Waals surface area contributed by atoms with Gasteiger partial charge in [-0.05, 0) is 38.3 Å². The van der Waals surface area contributed by atoms with Gasteiger partial charge < -0.3 is 5.32 Å². The van der Waals surface area contributed by atoms with E-state index in [1.54, 1.807) is 0 Å². The molecule has 92 valence electrons. The highest BCUT2D eigenvalue weighted by Crippen LogP contribution is 2.23. The van der Waals surface area contributed by atoms with Gasteiger partial charge >= 0.3 is 0 Å². The molecule has 0 spiro atoms. The van der Waals surface area contributed by atoms with Crippen LogP contribution < -0.4 is 5.32 Å². The van der Waals surface area contributed by atoms with Gasteiger partial charge in [0.15, 0.2) is 0 Å². The van der Waals surface area contributed by atoms with Gasteiger partial charge in [-0.1, -0.05) is 6.58 Å². The highest BCUT2D eigenvalue weighted by atomic mass is 16.1. The Balaban J connectivity index is 2.14. The van der Waals surface area contributed by atoms with Gasteiger partial charge in [-0.2, -0.15) is 5.10 Å². The number of carbonyl (C=O) groups excluding carboxylic acids is 1. The smallest absolute Gasteiger partial charge is 0.243 e. The number of hydrogen-bond acceptors (Lipinski definition) is 2. The molecule has 4 nitrogen and oxygen atoms in total. The molecule has 2 rings (SSSR count). The van der Waals surface area contributed by atoms with Crippen molar-refractivity contribution in [1.82, 2.24) is 15.1 Å². The van der Waals surface area contributed by atoms with E-state index in [2.05, 4.69) is 35.5 Å². The molecular weight excluding hydrogens is 214 g/mol. The summed E-state index contributed by atoms with van der Waals surface area (Å²) in [4.78, 5) is 11.3. The number of hydrogen-bond donors (Lipinski definition) is 1. The molecule has 17 heavy (non-hydrogen) atoms. The van der Waals surface area contributed by atoms with Crippen LogP contribution in [0.5, 0.6) is 0 Å². The van der Waals surface area contributed by atoms with Crippen LogP contribution in [0.1, 0.15) is 37.6 Å². The number of carbonyl (C=O) groups is 1. The first-order chi connectivity index (χ1) is 8.11. The molecule has 1 N–H and O–H groups in total. The Hall–Kier alpha value is -1.58. The summed E-state index contributed by atoms with van der Waals surface area (Å²) in [5.74, 6) is -0.0888. The molecule has 1 aliphatic rings. The van der Waals surface area contributed by atoms with Gasteiger partial charge in [-0.25, -0.2) is 0 Å². The molecule has 0 saturated heterocycles. The lowest BCUT2D eigenvalue weighted by Gasteiger charge is -2.24. The number of fused-ring (bicyclic) bond motifs is 1. The van der Waals surface area contributed by atoms with E-state index in [1.807, 2.05) is 6.20 Å². The van der Waals surface area contributed by atoms with Crippen molar-refractivity contribution in [3.05, 3.63) is 30.1 Å². The van der Waals surface area contributed by atoms with E-state index >= 15 is 0 Å². The molecule has 1 aliphatic carbocycles. The number of nitrogens with one attached hydrogen (secondary N) is 1. The maximum absolute atomic E-state index is 11.3. The van der Waals surface area contributed by atoms with Gasteiger partial charge in [0.2, 0.25) is 5.91 Å². The van der Waals surface area contributed by atoms with Crippen LogP contribution in [-0.2, 0) is 17.6 Å². The van der Waals surface area contributed by atoms with E-state index in [0.717, 1.165) is 19.3 Å². The molecule has 0 aromatic carbocycles. The molecular formula is C13H19N3O. The highest BCUT2D eigenvalue weighted by molar-refractivity contribution is 5.87. The zero-order chi connectivity index (χ0) is 12.4. The molecule has 4 heteroatoms. The second kappa shape index (κ2) is 4.73. The summed E-state index contributed by atoms with van der Waals surface area (Å²) < 4.78 is 2.06. The number of aryl methyl sites for hydroxylation is 1. The molecule has 0 bridgehead atoms. The lowest BCUT2D eigenvalue weighted by Crippen LogP contribution is -2.38. The first kappa shape index (κ1) is 11.9. The van der Waals surface area contributed by atoms with Crippen molar-refractivity contribution in [2.24, 2.45) is 0 Å². The Kier molecular flexibility index (Phi) is 3.31. The topological polar surface area (TPSA) is 46.9 Å². The molecule has 1 atom stereocenters. The molecule has 1 amide bonds. The minimum Gasteiger partial charge on any atom is -0.349 e. The van der Waals surface area contributed by atoms with E-state index in [0.29, 0.717) is 6.04 Å². The zero-order valence-corrected chi connectivity index (χ0v) is 10.4. The maximum atomic E-state index is 11.3. The van der Waals surface area contributed by atoms with E-state index in [4.69, 9.17) is 0 Å². The maximum Gasteiger partial charge on any atom is 0.243 e. The van der Waals surface area contributed by atoms with Crippen molar-refractivity contribution in [1.29, 1.82) is 0 Å². The van der Waals surface area contributed by atoms with E-state index in [1.165, 1.54) is 17.3 Å². The van der Waals surface area contributed by atoms with Crippen LogP contribution in [0.2, 0.25) is 0 Å². The second-order valence-corrected chi connectivity index (χ2v) is 4.81. The highest BCUT2D eigenvalue weighted by Gasteiger charge is 2.23. The van der Waals surface area contributed by atoms with Gasteiger partial charge in [0.1, 0.15) is 0 Å². The summed E-state index contributed by atoms with van der Waals surface area (Å²) >= 11 is 0. The Bertz CT molecular complexity index is 434. The Morgan fingerprint density at radius 3 is 3.12 bits per heavy atom. The largest absolute Gasteiger partial charge is 0.349 e. The van der Waals surface area contributed by atoms with Crippen LogP contribution in [0.3, 0.4) is 0 Å². The van der Waals surface area contributed by atoms with Crippen molar-refractivity contribution >= 4 is 5.91 Å². The quantitative estimate of drug-likeness (QED) is 0.806. The third kappa shape index (κ3) is 2.40. The van der Waals surface area contributed by atoms with Crippen molar-refractivity contribution in [2.75, 3.05) is 0 Å². The fourth-order valence-electron chi connectivity index (χ4n) is 2.35. The second-order valence-electron chi connectivity index (χ2n) is 4.81. The third-order valence-corrected chi connectivity index (χ3v) is 3.21. The van der Waals surface area contributed by atoms with E-state index < -0.39 is 0 Å². The Labute approximate surface area is 102 Å². The minimum atomic E-state index is -0.0888. The summed E-state index contributed by atoms with van der Waals surface area (Å²) in [6.07, 6.45) is 6.13. The summed E-state index contributed by atoms with van der Waals surface area (Å²) in [6.45, 7) is 7.73. The zero-order valence-electron chi connectivity index (χ0n) is 10.4. The Morgan fingerprint density at radius 2 is 2.47 bits per heavy atom. The first-order valence-electron chi connectivity index (χ1n) is 6.10. The monoisotopic (exact) mass is 233 g/mol. The van der Waals surface area contributed by atoms with Gasteiger partial charge in [-0.3, -0.25) is 9.48 Å². The van der Waals surface area contributed by atoms with Crippen molar-refractivity contribution < 1.29 is 4.79 Å². The number of rotatable bonds is 3. The van der Waals surface area contributed by atoms with Crippen molar-refractivity contribution in [2.45, 2.75) is 45.2 Å². The standard InChI is InChI=1S/C13H19N3O/c1-4-13(17)15-11-6-5-10-8-14-16(9(2)3)12(10)7-11/h4,8-9,11H,1,5-7H2,2-3H3,(H,15,17). The lowest BCUT2D eigenvalue weighted by atomic mass is 9.93. The van der Waals surface area contributed by atoms with E-state index in [9.17, 15) is 4.79 Å². The van der Waals surface area contributed by atoms with Crippen molar-refractivity contribution in [3.8, 4) is 0 Å². The fourth-order valence-corrected chi connectivity index (χ4v) is 2.35. The minimum absolute atomic E-state index is 0.0888. The summed E-state index contributed by atoms with van der Waals surface area (Å²) in [5.41, 5.74) is 2.59. The molecule has 0 aliphatic heterocycles. The number of aromatic nitrogens is 2. The van der Waals surface area contributed by atoms with Crippen LogP contribution >= 0.6 is 0 Å². The molecule has 1 aromatic rings. The summed E-state index contributed by atoms with van der Waals surface area (Å²) in [6, 6.07) is 0.579. The van der Waals surface area contributed by atoms with E-state index in [-0.39, 0.29) is 11.9 Å². The molecule has 1 heterocycles. The molecule has 1 unspecified atom stereocenters. The van der Waals surface area contributed by atoms with Gasteiger partial charge in [0, 0.05) is 24.2 Å². The van der Waals surface area contributed by atoms with Crippen LogP contribution in [0.4, 0.5) is 0 Å². The molecule has 0 radical (unpaired) electrons. The molecule has 1 aromatic heterocycles. The predicted octanol–water partition coefficient (Wildman–Crippen LogP) is 1.62. The third-order valence-electron chi connectivity index (χ3n) is 3.21. The van der Waals surface area contributed by atoms with Gasteiger partial charge in [0.25, 0.3) is 0 Å². The van der Waals surface area contributed by atoms with Crippen molar-refractivity contribution in [3.63, 3.8) is 0 Å². The van der Waals surface area contributed by atoms with Crippen LogP contribution in [0.15, 0.2) is 18.9 Å². The van der Waals surface area contributed by atoms with Gasteiger partial charge in [0.05, 0.1) is 6.20 Å². The Morgan fingerprint density at radius 1 is 1.71 bits per heavy atom. The van der Waals surface area contributed by atoms with Gasteiger partial charge in [-0.15, -0.1) is 0 Å². The predicted molar refractivity (Wildman–Crippen MR) is 66.8 cm³/mol.